The summed E-state index contributed by atoms with van der Waals surface area (Å²) in [6.07, 6.45) is -4.75. The van der Waals surface area contributed by atoms with E-state index in [9.17, 15) is 27.2 Å². The van der Waals surface area contributed by atoms with Crippen molar-refractivity contribution in [2.24, 2.45) is 0 Å². The van der Waals surface area contributed by atoms with E-state index in [1.54, 1.807) is 0 Å². The number of rotatable bonds is 3. The number of amides is 1. The van der Waals surface area contributed by atoms with Gasteiger partial charge in [-0.25, -0.2) is 4.79 Å². The lowest BCUT2D eigenvalue weighted by Crippen LogP contribution is -2.36. The molecule has 0 aliphatic carbocycles. The number of hydrogen-bond acceptors (Lipinski definition) is 2. The van der Waals surface area contributed by atoms with Gasteiger partial charge in [0.05, 0.1) is 0 Å². The zero-order valence-corrected chi connectivity index (χ0v) is 6.56. The van der Waals surface area contributed by atoms with Gasteiger partial charge in [-0.05, 0) is 6.08 Å². The van der Waals surface area contributed by atoms with Crippen molar-refractivity contribution in [3.8, 4) is 0 Å². The smallest absolute Gasteiger partial charge is 0.471 e. The van der Waals surface area contributed by atoms with E-state index in [4.69, 9.17) is 5.11 Å². The molecule has 2 N–H and O–H groups in total. The summed E-state index contributed by atoms with van der Waals surface area (Å²) in [6, 6.07) is 0. The quantitative estimate of drug-likeness (QED) is 0.535. The molecule has 0 fully saturated rings. The second-order valence-electron chi connectivity index (χ2n) is 2.06. The molecule has 14 heavy (non-hydrogen) atoms. The number of halogens is 4. The highest BCUT2D eigenvalue weighted by atomic mass is 19.4. The number of aliphatic carboxylic acids is 1. The number of carbonyl (C=O) groups is 2. The van der Waals surface area contributed by atoms with Crippen LogP contribution in [0.3, 0.4) is 0 Å². The second-order valence-corrected chi connectivity index (χ2v) is 2.06. The first-order valence-corrected chi connectivity index (χ1v) is 3.19. The topological polar surface area (TPSA) is 66.4 Å². The molecule has 80 valence electrons. The predicted molar refractivity (Wildman–Crippen MR) is 35.9 cm³/mol. The summed E-state index contributed by atoms with van der Waals surface area (Å²) >= 11 is 0. The van der Waals surface area contributed by atoms with Crippen molar-refractivity contribution in [1.29, 1.82) is 0 Å². The van der Waals surface area contributed by atoms with Gasteiger partial charge in [-0.2, -0.15) is 17.6 Å². The summed E-state index contributed by atoms with van der Waals surface area (Å²) in [5, 5.41) is 9.19. The van der Waals surface area contributed by atoms with Crippen molar-refractivity contribution in [1.82, 2.24) is 5.32 Å². The van der Waals surface area contributed by atoms with Crippen LogP contribution in [0.1, 0.15) is 0 Å². The fourth-order valence-electron chi connectivity index (χ4n) is 0.421. The highest BCUT2D eigenvalue weighted by Gasteiger charge is 2.38. The number of nitrogens with one attached hydrogen (secondary N) is 1. The van der Waals surface area contributed by atoms with Crippen LogP contribution in [0.5, 0.6) is 0 Å². The van der Waals surface area contributed by atoms with Gasteiger partial charge in [0, 0.05) is 6.54 Å². The van der Waals surface area contributed by atoms with Crippen molar-refractivity contribution in [2.45, 2.75) is 6.18 Å². The summed E-state index contributed by atoms with van der Waals surface area (Å²) in [5.41, 5.74) is 0. The van der Waals surface area contributed by atoms with Gasteiger partial charge in [0.15, 0.2) is 0 Å². The molecular weight excluding hydrogens is 210 g/mol. The minimum Gasteiger partial charge on any atom is -0.476 e. The highest BCUT2D eigenvalue weighted by molar-refractivity contribution is 5.84. The van der Waals surface area contributed by atoms with Gasteiger partial charge < -0.3 is 10.4 Å². The fourth-order valence-corrected chi connectivity index (χ4v) is 0.421. The van der Waals surface area contributed by atoms with Crippen LogP contribution in [0.4, 0.5) is 17.6 Å². The SMILES string of the molecule is O=C(O)/C(F)=C/CNC(=O)C(F)(F)F. The summed E-state index contributed by atoms with van der Waals surface area (Å²) in [7, 11) is 0. The molecule has 4 nitrogen and oxygen atoms in total. The Bertz CT molecular complexity index is 271. The van der Waals surface area contributed by atoms with E-state index in [-0.39, 0.29) is 0 Å². The lowest BCUT2D eigenvalue weighted by molar-refractivity contribution is -0.173. The van der Waals surface area contributed by atoms with Crippen LogP contribution < -0.4 is 5.32 Å². The maximum Gasteiger partial charge on any atom is 0.471 e. The largest absolute Gasteiger partial charge is 0.476 e. The third-order valence-corrected chi connectivity index (χ3v) is 1.01. The van der Waals surface area contributed by atoms with E-state index in [2.05, 4.69) is 0 Å². The van der Waals surface area contributed by atoms with Crippen LogP contribution in [0.25, 0.3) is 0 Å². The Morgan fingerprint density at radius 2 is 1.86 bits per heavy atom. The first kappa shape index (κ1) is 12.4. The zero-order valence-electron chi connectivity index (χ0n) is 6.56. The summed E-state index contributed by atoms with van der Waals surface area (Å²) in [6.45, 7) is -0.837. The Balaban J connectivity index is 4.04. The molecule has 0 aromatic heterocycles. The Hall–Kier alpha value is -1.60. The monoisotopic (exact) mass is 215 g/mol. The molecule has 0 spiro atoms. The van der Waals surface area contributed by atoms with Crippen molar-refractivity contribution < 1.29 is 32.3 Å². The summed E-state index contributed by atoms with van der Waals surface area (Å²) in [5.74, 6) is -5.80. The van der Waals surface area contributed by atoms with Crippen LogP contribution in [0.15, 0.2) is 11.9 Å². The van der Waals surface area contributed by atoms with E-state index in [1.807, 2.05) is 0 Å². The molecule has 0 saturated heterocycles. The Labute approximate surface area is 75.2 Å². The van der Waals surface area contributed by atoms with E-state index in [0.29, 0.717) is 6.08 Å². The normalized spacial score (nSPS) is 12.4. The molecule has 0 aliphatic heterocycles. The standard InChI is InChI=1S/C6H5F4NO3/c7-3(4(12)13)1-2-11-5(14)6(8,9)10/h1H,2H2,(H,11,14)(H,12,13)/b3-1-. The van der Waals surface area contributed by atoms with Crippen LogP contribution in [-0.2, 0) is 9.59 Å². The average molecular weight is 215 g/mol. The van der Waals surface area contributed by atoms with Crippen molar-refractivity contribution in [3.05, 3.63) is 11.9 Å². The Kier molecular flexibility index (Phi) is 4.06. The van der Waals surface area contributed by atoms with Gasteiger partial charge in [0.1, 0.15) is 0 Å². The number of hydrogen-bond donors (Lipinski definition) is 2. The Morgan fingerprint density at radius 3 is 2.21 bits per heavy atom. The second kappa shape index (κ2) is 4.58. The number of alkyl halides is 3. The number of carboxylic acids is 1. The maximum atomic E-state index is 12.1. The molecule has 0 aromatic carbocycles. The van der Waals surface area contributed by atoms with Crippen molar-refractivity contribution in [2.75, 3.05) is 6.54 Å². The molecule has 0 radical (unpaired) electrons. The van der Waals surface area contributed by atoms with Crippen molar-refractivity contribution in [3.63, 3.8) is 0 Å². The first-order valence-electron chi connectivity index (χ1n) is 3.19. The summed E-state index contributed by atoms with van der Waals surface area (Å²) in [4.78, 5) is 19.9. The minimum absolute atomic E-state index is 0.311. The van der Waals surface area contributed by atoms with Crippen LogP contribution >= 0.6 is 0 Å². The van der Waals surface area contributed by atoms with Gasteiger partial charge in [0.2, 0.25) is 5.83 Å². The molecule has 0 saturated carbocycles. The summed E-state index contributed by atoms with van der Waals surface area (Å²) < 4.78 is 46.6. The predicted octanol–water partition coefficient (Wildman–Crippen LogP) is 0.603. The van der Waals surface area contributed by atoms with E-state index in [1.165, 1.54) is 5.32 Å². The van der Waals surface area contributed by atoms with E-state index >= 15 is 0 Å². The molecule has 8 heteroatoms. The van der Waals surface area contributed by atoms with Gasteiger partial charge in [0.25, 0.3) is 0 Å². The minimum atomic E-state index is -5.06. The molecule has 1 amide bonds. The molecule has 0 atom stereocenters. The average Bonchev–Trinajstić information content (AvgIpc) is 2.01. The third kappa shape index (κ3) is 4.43. The fraction of sp³-hybridized carbons (Fsp3) is 0.333. The first-order chi connectivity index (χ1) is 6.25. The molecule has 0 bridgehead atoms. The lowest BCUT2D eigenvalue weighted by atomic mass is 10.4. The molecular formula is C6H5F4NO3. The zero-order chi connectivity index (χ0) is 11.4. The van der Waals surface area contributed by atoms with Gasteiger partial charge in [-0.3, -0.25) is 4.79 Å². The van der Waals surface area contributed by atoms with Crippen LogP contribution in [-0.4, -0.2) is 29.7 Å². The van der Waals surface area contributed by atoms with E-state index < -0.39 is 30.4 Å². The van der Waals surface area contributed by atoms with E-state index in [0.717, 1.165) is 0 Å². The molecule has 0 heterocycles. The van der Waals surface area contributed by atoms with Gasteiger partial charge >= 0.3 is 18.1 Å². The third-order valence-electron chi connectivity index (χ3n) is 1.01. The molecule has 0 rings (SSSR count). The van der Waals surface area contributed by atoms with Crippen molar-refractivity contribution >= 4 is 11.9 Å². The van der Waals surface area contributed by atoms with Gasteiger partial charge in [-0.15, -0.1) is 0 Å². The lowest BCUT2D eigenvalue weighted by Gasteiger charge is -2.04. The highest BCUT2D eigenvalue weighted by Crippen LogP contribution is 2.13. The maximum absolute atomic E-state index is 12.1. The molecule has 0 aliphatic rings. The number of carbonyl (C=O) groups excluding carboxylic acids is 1. The van der Waals surface area contributed by atoms with Crippen LogP contribution in [0, 0.1) is 0 Å². The van der Waals surface area contributed by atoms with Gasteiger partial charge in [-0.1, -0.05) is 0 Å². The number of carboxylic acid groups (broad SMARTS) is 1. The molecule has 0 aromatic rings. The Morgan fingerprint density at radius 1 is 1.36 bits per heavy atom. The molecule has 0 unspecified atom stereocenters. The van der Waals surface area contributed by atoms with Crippen LogP contribution in [0.2, 0.25) is 0 Å².